The molecule has 0 radical (unpaired) electrons. The van der Waals surface area contributed by atoms with Crippen LogP contribution in [0.4, 0.5) is 4.39 Å². The standard InChI is InChI=1S/C18H17ClFNO/c1-12(2)21-15(9-13-7-8-14(20)10-17(13)21)11-22-18-6-4-3-5-16(18)19/h3-10,12H,11H2,1-2H3. The fraction of sp³-hybridized carbons (Fsp3) is 0.222. The van der Waals surface area contributed by atoms with Crippen LogP contribution < -0.4 is 4.74 Å². The Morgan fingerprint density at radius 3 is 2.64 bits per heavy atom. The van der Waals surface area contributed by atoms with E-state index in [0.717, 1.165) is 16.6 Å². The summed E-state index contributed by atoms with van der Waals surface area (Å²) in [4.78, 5) is 0. The molecule has 0 spiro atoms. The van der Waals surface area contributed by atoms with Crippen molar-refractivity contribution in [2.45, 2.75) is 26.5 Å². The first kappa shape index (κ1) is 14.9. The predicted molar refractivity (Wildman–Crippen MR) is 88.1 cm³/mol. The van der Waals surface area contributed by atoms with Crippen molar-refractivity contribution in [1.82, 2.24) is 4.57 Å². The first-order valence-corrected chi connectivity index (χ1v) is 7.61. The van der Waals surface area contributed by atoms with Gasteiger partial charge in [-0.2, -0.15) is 0 Å². The van der Waals surface area contributed by atoms with Gasteiger partial charge in [-0.05, 0) is 50.2 Å². The number of halogens is 2. The summed E-state index contributed by atoms with van der Waals surface area (Å²) in [6, 6.07) is 14.5. The molecule has 114 valence electrons. The van der Waals surface area contributed by atoms with Gasteiger partial charge in [-0.1, -0.05) is 23.7 Å². The summed E-state index contributed by atoms with van der Waals surface area (Å²) >= 11 is 6.11. The van der Waals surface area contributed by atoms with E-state index in [-0.39, 0.29) is 11.9 Å². The van der Waals surface area contributed by atoms with Crippen molar-refractivity contribution < 1.29 is 9.13 Å². The molecule has 0 saturated heterocycles. The summed E-state index contributed by atoms with van der Waals surface area (Å²) in [5, 5.41) is 1.59. The van der Waals surface area contributed by atoms with Crippen molar-refractivity contribution >= 4 is 22.5 Å². The maximum absolute atomic E-state index is 13.5. The second-order valence-electron chi connectivity index (χ2n) is 5.52. The summed E-state index contributed by atoms with van der Waals surface area (Å²) in [6.07, 6.45) is 0. The van der Waals surface area contributed by atoms with Gasteiger partial charge in [-0.15, -0.1) is 0 Å². The number of para-hydroxylation sites is 1. The van der Waals surface area contributed by atoms with Gasteiger partial charge in [0.2, 0.25) is 0 Å². The van der Waals surface area contributed by atoms with Crippen LogP contribution in [0.5, 0.6) is 5.75 Å². The Kier molecular flexibility index (Phi) is 4.08. The normalized spacial score (nSPS) is 11.3. The number of fused-ring (bicyclic) bond motifs is 1. The van der Waals surface area contributed by atoms with E-state index in [2.05, 4.69) is 18.4 Å². The number of aromatic nitrogens is 1. The zero-order valence-corrected chi connectivity index (χ0v) is 13.3. The van der Waals surface area contributed by atoms with E-state index in [4.69, 9.17) is 16.3 Å². The highest BCUT2D eigenvalue weighted by molar-refractivity contribution is 6.32. The van der Waals surface area contributed by atoms with Crippen LogP contribution >= 0.6 is 11.6 Å². The molecule has 0 atom stereocenters. The van der Waals surface area contributed by atoms with Gasteiger partial charge in [-0.25, -0.2) is 4.39 Å². The van der Waals surface area contributed by atoms with Crippen molar-refractivity contribution in [3.63, 3.8) is 0 Å². The average molecular weight is 318 g/mol. The van der Waals surface area contributed by atoms with Crippen molar-refractivity contribution in [3.8, 4) is 5.75 Å². The van der Waals surface area contributed by atoms with Crippen LogP contribution in [0, 0.1) is 5.82 Å². The van der Waals surface area contributed by atoms with Gasteiger partial charge in [0.25, 0.3) is 0 Å². The quantitative estimate of drug-likeness (QED) is 0.611. The minimum absolute atomic E-state index is 0.212. The Morgan fingerprint density at radius 1 is 1.14 bits per heavy atom. The molecular formula is C18H17ClFNO. The highest BCUT2D eigenvalue weighted by Crippen LogP contribution is 2.28. The van der Waals surface area contributed by atoms with Crippen LogP contribution in [0.1, 0.15) is 25.6 Å². The van der Waals surface area contributed by atoms with Crippen LogP contribution in [0.15, 0.2) is 48.5 Å². The zero-order chi connectivity index (χ0) is 15.7. The molecule has 1 aromatic heterocycles. The largest absolute Gasteiger partial charge is 0.486 e. The molecule has 2 aromatic carbocycles. The minimum atomic E-state index is -0.230. The van der Waals surface area contributed by atoms with Crippen molar-refractivity contribution in [3.05, 3.63) is 65.1 Å². The van der Waals surface area contributed by atoms with Crippen molar-refractivity contribution in [2.24, 2.45) is 0 Å². The maximum atomic E-state index is 13.5. The lowest BCUT2D eigenvalue weighted by molar-refractivity contribution is 0.293. The highest BCUT2D eigenvalue weighted by atomic mass is 35.5. The molecule has 3 rings (SSSR count). The molecular weight excluding hydrogens is 301 g/mol. The third kappa shape index (κ3) is 2.81. The van der Waals surface area contributed by atoms with Gasteiger partial charge in [0, 0.05) is 11.4 Å². The molecule has 22 heavy (non-hydrogen) atoms. The van der Waals surface area contributed by atoms with Gasteiger partial charge in [0.15, 0.2) is 0 Å². The molecule has 1 heterocycles. The monoisotopic (exact) mass is 317 g/mol. The second kappa shape index (κ2) is 6.01. The molecule has 0 aliphatic heterocycles. The molecule has 0 saturated carbocycles. The maximum Gasteiger partial charge on any atom is 0.138 e. The average Bonchev–Trinajstić information content (AvgIpc) is 2.84. The molecule has 4 heteroatoms. The Bertz CT molecular complexity index is 810. The predicted octanol–water partition coefficient (Wildman–Crippen LogP) is 5.59. The smallest absolute Gasteiger partial charge is 0.138 e. The lowest BCUT2D eigenvalue weighted by atomic mass is 10.2. The Labute approximate surface area is 134 Å². The zero-order valence-electron chi connectivity index (χ0n) is 12.5. The first-order chi connectivity index (χ1) is 10.6. The Balaban J connectivity index is 1.96. The molecule has 0 bridgehead atoms. The van der Waals surface area contributed by atoms with Gasteiger partial charge in [0.05, 0.1) is 16.2 Å². The fourth-order valence-corrected chi connectivity index (χ4v) is 2.88. The van der Waals surface area contributed by atoms with E-state index < -0.39 is 0 Å². The van der Waals surface area contributed by atoms with Crippen LogP contribution in [0.25, 0.3) is 10.9 Å². The molecule has 0 fully saturated rings. The number of hydrogen-bond donors (Lipinski definition) is 0. The van der Waals surface area contributed by atoms with Crippen molar-refractivity contribution in [2.75, 3.05) is 0 Å². The Morgan fingerprint density at radius 2 is 1.91 bits per heavy atom. The van der Waals surface area contributed by atoms with E-state index in [1.165, 1.54) is 6.07 Å². The minimum Gasteiger partial charge on any atom is -0.486 e. The lowest BCUT2D eigenvalue weighted by Crippen LogP contribution is -2.08. The summed E-state index contributed by atoms with van der Waals surface area (Å²) < 4.78 is 21.5. The van der Waals surface area contributed by atoms with E-state index in [1.807, 2.05) is 24.3 Å². The third-order valence-corrected chi connectivity index (χ3v) is 3.92. The molecule has 0 unspecified atom stereocenters. The summed E-state index contributed by atoms with van der Waals surface area (Å²) in [5.41, 5.74) is 1.88. The summed E-state index contributed by atoms with van der Waals surface area (Å²) in [6.45, 7) is 4.53. The third-order valence-electron chi connectivity index (χ3n) is 3.61. The number of ether oxygens (including phenoxy) is 1. The molecule has 2 nitrogen and oxygen atoms in total. The number of hydrogen-bond acceptors (Lipinski definition) is 1. The molecule has 0 amide bonds. The second-order valence-corrected chi connectivity index (χ2v) is 5.93. The van der Waals surface area contributed by atoms with Crippen LogP contribution in [-0.2, 0) is 6.61 Å². The topological polar surface area (TPSA) is 14.2 Å². The van der Waals surface area contributed by atoms with Crippen LogP contribution in [0.3, 0.4) is 0 Å². The molecule has 0 aliphatic carbocycles. The Hall–Kier alpha value is -2.00. The van der Waals surface area contributed by atoms with Crippen LogP contribution in [0.2, 0.25) is 5.02 Å². The van der Waals surface area contributed by atoms with E-state index in [1.54, 1.807) is 18.2 Å². The molecule has 0 aliphatic rings. The van der Waals surface area contributed by atoms with E-state index in [9.17, 15) is 4.39 Å². The summed E-state index contributed by atoms with van der Waals surface area (Å²) in [7, 11) is 0. The number of benzene rings is 2. The SMILES string of the molecule is CC(C)n1c(COc2ccccc2Cl)cc2ccc(F)cc21. The van der Waals surface area contributed by atoms with Gasteiger partial charge >= 0.3 is 0 Å². The summed E-state index contributed by atoms with van der Waals surface area (Å²) in [5.74, 6) is 0.419. The van der Waals surface area contributed by atoms with E-state index >= 15 is 0 Å². The highest BCUT2D eigenvalue weighted by Gasteiger charge is 2.13. The van der Waals surface area contributed by atoms with Crippen molar-refractivity contribution in [1.29, 1.82) is 0 Å². The van der Waals surface area contributed by atoms with Gasteiger partial charge in [-0.3, -0.25) is 0 Å². The first-order valence-electron chi connectivity index (χ1n) is 7.23. The fourth-order valence-electron chi connectivity index (χ4n) is 2.69. The van der Waals surface area contributed by atoms with Gasteiger partial charge < -0.3 is 9.30 Å². The lowest BCUT2D eigenvalue weighted by Gasteiger charge is -2.15. The molecule has 3 aromatic rings. The van der Waals surface area contributed by atoms with Gasteiger partial charge in [0.1, 0.15) is 18.2 Å². The van der Waals surface area contributed by atoms with E-state index in [0.29, 0.717) is 17.4 Å². The number of nitrogens with zero attached hydrogens (tertiary/aromatic N) is 1. The molecule has 0 N–H and O–H groups in total. The van der Waals surface area contributed by atoms with Crippen LogP contribution in [-0.4, -0.2) is 4.57 Å². The number of rotatable bonds is 4.